The summed E-state index contributed by atoms with van der Waals surface area (Å²) in [7, 11) is -0.746. The van der Waals surface area contributed by atoms with Crippen LogP contribution in [0.1, 0.15) is 39.8 Å². The maximum Gasteiger partial charge on any atom is 0.0948 e. The molecule has 1 N–H and O–H groups in total. The molecule has 0 saturated heterocycles. The van der Waals surface area contributed by atoms with Crippen molar-refractivity contribution in [1.82, 2.24) is 14.9 Å². The molecule has 2 atom stereocenters. The average Bonchev–Trinajstić information content (AvgIpc) is 2.69. The zero-order chi connectivity index (χ0) is 13.8. The Morgan fingerprint density at radius 1 is 1.50 bits per heavy atom. The Balaban J connectivity index is 2.52. The summed E-state index contributed by atoms with van der Waals surface area (Å²) in [6.07, 6.45) is 6.43. The number of hydrogen-bond donors (Lipinski definition) is 1. The lowest BCUT2D eigenvalue weighted by Gasteiger charge is -2.21. The van der Waals surface area contributed by atoms with Crippen LogP contribution in [-0.4, -0.2) is 30.8 Å². The molecule has 1 rings (SSSR count). The molecule has 0 spiro atoms. The number of rotatable bonds is 6. The Morgan fingerprint density at radius 2 is 2.17 bits per heavy atom. The lowest BCUT2D eigenvalue weighted by Crippen LogP contribution is -2.35. The Labute approximate surface area is 113 Å². The van der Waals surface area contributed by atoms with Gasteiger partial charge >= 0.3 is 0 Å². The molecule has 0 aliphatic carbocycles. The molecular formula is C13H25N3OS. The average molecular weight is 271 g/mol. The van der Waals surface area contributed by atoms with E-state index in [9.17, 15) is 4.21 Å². The zero-order valence-electron chi connectivity index (χ0n) is 12.1. The Bertz CT molecular complexity index is 395. The van der Waals surface area contributed by atoms with Crippen LogP contribution in [0.4, 0.5) is 0 Å². The van der Waals surface area contributed by atoms with Gasteiger partial charge in [0.25, 0.3) is 0 Å². The van der Waals surface area contributed by atoms with Crippen molar-refractivity contribution in [3.05, 3.63) is 18.2 Å². The maximum absolute atomic E-state index is 11.3. The van der Waals surface area contributed by atoms with Gasteiger partial charge in [0.15, 0.2) is 0 Å². The van der Waals surface area contributed by atoms with Crippen molar-refractivity contribution < 1.29 is 4.21 Å². The second-order valence-corrected chi connectivity index (χ2v) is 7.58. The largest absolute Gasteiger partial charge is 0.333 e. The Kier molecular flexibility index (Phi) is 5.53. The molecule has 0 aromatic carbocycles. The highest BCUT2D eigenvalue weighted by atomic mass is 32.2. The monoisotopic (exact) mass is 271 g/mol. The lowest BCUT2D eigenvalue weighted by atomic mass is 10.1. The number of aryl methyl sites for hydroxylation is 1. The molecule has 0 fully saturated rings. The van der Waals surface area contributed by atoms with Crippen molar-refractivity contribution in [2.24, 2.45) is 0 Å². The molecule has 1 aromatic heterocycles. The molecule has 104 valence electrons. The van der Waals surface area contributed by atoms with E-state index in [4.69, 9.17) is 0 Å². The first-order valence-electron chi connectivity index (χ1n) is 6.36. The molecule has 0 aliphatic heterocycles. The number of nitrogens with zero attached hydrogens (tertiary/aromatic N) is 2. The highest BCUT2D eigenvalue weighted by Gasteiger charge is 2.11. The summed E-state index contributed by atoms with van der Waals surface area (Å²) < 4.78 is 13.5. The molecule has 0 radical (unpaired) electrons. The fraction of sp³-hybridized carbons (Fsp3) is 0.769. The number of hydrogen-bond acceptors (Lipinski definition) is 3. The van der Waals surface area contributed by atoms with Crippen LogP contribution in [0.25, 0.3) is 0 Å². The van der Waals surface area contributed by atoms with E-state index in [1.54, 1.807) is 6.26 Å². The van der Waals surface area contributed by atoms with Crippen LogP contribution in [0.15, 0.2) is 12.5 Å². The van der Waals surface area contributed by atoms with E-state index in [1.807, 2.05) is 19.4 Å². The molecule has 0 amide bonds. The van der Waals surface area contributed by atoms with Gasteiger partial charge in [-0.3, -0.25) is 4.21 Å². The van der Waals surface area contributed by atoms with Crippen molar-refractivity contribution >= 4 is 10.8 Å². The lowest BCUT2D eigenvalue weighted by molar-refractivity contribution is 0.414. The first-order chi connectivity index (χ1) is 8.29. The van der Waals surface area contributed by atoms with Gasteiger partial charge in [-0.25, -0.2) is 4.98 Å². The van der Waals surface area contributed by atoms with Crippen molar-refractivity contribution in [3.63, 3.8) is 0 Å². The van der Waals surface area contributed by atoms with Gasteiger partial charge < -0.3 is 9.88 Å². The van der Waals surface area contributed by atoms with Crippen LogP contribution in [-0.2, 0) is 23.9 Å². The zero-order valence-corrected chi connectivity index (χ0v) is 12.9. The first kappa shape index (κ1) is 15.4. The molecular weight excluding hydrogens is 246 g/mol. The summed E-state index contributed by atoms with van der Waals surface area (Å²) in [5.74, 6) is 0. The first-order valence-corrected chi connectivity index (χ1v) is 7.98. The van der Waals surface area contributed by atoms with Gasteiger partial charge in [-0.2, -0.15) is 0 Å². The molecule has 1 heterocycles. The van der Waals surface area contributed by atoms with E-state index in [0.717, 1.165) is 19.5 Å². The molecule has 18 heavy (non-hydrogen) atoms. The molecule has 0 aliphatic rings. The molecule has 2 unspecified atom stereocenters. The van der Waals surface area contributed by atoms with Gasteiger partial charge in [0, 0.05) is 47.1 Å². The molecule has 0 bridgehead atoms. The third-order valence-electron chi connectivity index (χ3n) is 2.94. The van der Waals surface area contributed by atoms with Crippen LogP contribution in [0, 0.1) is 0 Å². The van der Waals surface area contributed by atoms with E-state index in [0.29, 0.717) is 0 Å². The summed E-state index contributed by atoms with van der Waals surface area (Å²) in [5.41, 5.74) is 1.28. The van der Waals surface area contributed by atoms with Crippen molar-refractivity contribution in [1.29, 1.82) is 0 Å². The van der Waals surface area contributed by atoms with E-state index in [1.165, 1.54) is 5.69 Å². The van der Waals surface area contributed by atoms with Gasteiger partial charge in [0.1, 0.15) is 0 Å². The van der Waals surface area contributed by atoms with Crippen LogP contribution in [0.3, 0.4) is 0 Å². The van der Waals surface area contributed by atoms with Crippen LogP contribution in [0.2, 0.25) is 0 Å². The normalized spacial score (nSPS) is 15.6. The van der Waals surface area contributed by atoms with Crippen molar-refractivity contribution in [3.8, 4) is 0 Å². The van der Waals surface area contributed by atoms with Gasteiger partial charge in [-0.1, -0.05) is 6.92 Å². The van der Waals surface area contributed by atoms with E-state index in [-0.39, 0.29) is 10.8 Å². The van der Waals surface area contributed by atoms with Gasteiger partial charge in [0.2, 0.25) is 0 Å². The summed E-state index contributed by atoms with van der Waals surface area (Å²) in [6, 6.07) is 0. The highest BCUT2D eigenvalue weighted by Crippen LogP contribution is 2.07. The fourth-order valence-corrected chi connectivity index (χ4v) is 1.98. The van der Waals surface area contributed by atoms with E-state index < -0.39 is 10.8 Å². The van der Waals surface area contributed by atoms with E-state index >= 15 is 0 Å². The topological polar surface area (TPSA) is 46.9 Å². The third-order valence-corrected chi connectivity index (χ3v) is 4.31. The number of imidazole rings is 1. The summed E-state index contributed by atoms with van der Waals surface area (Å²) in [6.45, 7) is 10.2. The van der Waals surface area contributed by atoms with Gasteiger partial charge in [-0.15, -0.1) is 0 Å². The SMILES string of the molecule is CC(CCn1cncc1CNC(C)(C)C)S(C)=O. The van der Waals surface area contributed by atoms with Gasteiger partial charge in [-0.05, 0) is 27.2 Å². The van der Waals surface area contributed by atoms with Crippen molar-refractivity contribution in [2.45, 2.75) is 58.0 Å². The van der Waals surface area contributed by atoms with Crippen molar-refractivity contribution in [2.75, 3.05) is 6.26 Å². The molecule has 4 nitrogen and oxygen atoms in total. The number of nitrogens with one attached hydrogen (secondary N) is 1. The minimum absolute atomic E-state index is 0.104. The number of aromatic nitrogens is 2. The Morgan fingerprint density at radius 3 is 2.72 bits per heavy atom. The van der Waals surface area contributed by atoms with E-state index in [2.05, 4.69) is 35.6 Å². The smallest absolute Gasteiger partial charge is 0.0948 e. The predicted octanol–water partition coefficient (Wildman–Crippen LogP) is 1.93. The summed E-state index contributed by atoms with van der Waals surface area (Å²) in [5, 5.41) is 3.69. The third kappa shape index (κ3) is 5.31. The molecule has 5 heteroatoms. The van der Waals surface area contributed by atoms with Crippen LogP contribution < -0.4 is 5.32 Å². The van der Waals surface area contributed by atoms with Crippen LogP contribution >= 0.6 is 0 Å². The molecule has 1 aromatic rings. The summed E-state index contributed by atoms with van der Waals surface area (Å²) in [4.78, 5) is 4.19. The van der Waals surface area contributed by atoms with Crippen LogP contribution in [0.5, 0.6) is 0 Å². The minimum Gasteiger partial charge on any atom is -0.333 e. The van der Waals surface area contributed by atoms with Gasteiger partial charge in [0.05, 0.1) is 12.0 Å². The predicted molar refractivity (Wildman–Crippen MR) is 77.0 cm³/mol. The Hall–Kier alpha value is -0.680. The fourth-order valence-electron chi connectivity index (χ4n) is 1.54. The quantitative estimate of drug-likeness (QED) is 0.860. The second kappa shape index (κ2) is 6.48. The maximum atomic E-state index is 11.3. The summed E-state index contributed by atoms with van der Waals surface area (Å²) >= 11 is 0. The standard InChI is InChI=1S/C13H25N3OS/c1-11(18(5)17)6-7-16-10-14-8-12(16)9-15-13(2,3)4/h8,10-11,15H,6-7,9H2,1-5H3. The highest BCUT2D eigenvalue weighted by molar-refractivity contribution is 7.84. The minimum atomic E-state index is -0.746. The second-order valence-electron chi connectivity index (χ2n) is 5.78. The molecule has 0 saturated carbocycles.